The standard InChI is InChI=1S/C24H29NO3/c1-17-7-9-22(18(2)15-17)24(27)20-11-13-25(14-12-20)23(26)10-8-19-5-4-6-21(16-19)28-3/h4-7,9,15-16,20H,8,10-14H2,1-3H3. The van der Waals surface area contributed by atoms with E-state index in [2.05, 4.69) is 6.07 Å². The van der Waals surface area contributed by atoms with Crippen LogP contribution in [0.15, 0.2) is 42.5 Å². The number of nitrogens with zero attached hydrogens (tertiary/aromatic N) is 1. The summed E-state index contributed by atoms with van der Waals surface area (Å²) >= 11 is 0. The van der Waals surface area contributed by atoms with E-state index in [0.29, 0.717) is 25.9 Å². The average molecular weight is 380 g/mol. The first-order chi connectivity index (χ1) is 13.5. The van der Waals surface area contributed by atoms with E-state index in [-0.39, 0.29) is 17.6 Å². The van der Waals surface area contributed by atoms with Gasteiger partial charge in [-0.25, -0.2) is 0 Å². The van der Waals surface area contributed by atoms with Crippen LogP contribution in [0, 0.1) is 19.8 Å². The van der Waals surface area contributed by atoms with Crippen LogP contribution in [-0.2, 0) is 11.2 Å². The van der Waals surface area contributed by atoms with Gasteiger partial charge < -0.3 is 9.64 Å². The van der Waals surface area contributed by atoms with Crippen LogP contribution in [-0.4, -0.2) is 36.8 Å². The molecule has 0 unspecified atom stereocenters. The highest BCUT2D eigenvalue weighted by atomic mass is 16.5. The summed E-state index contributed by atoms with van der Waals surface area (Å²) in [5.74, 6) is 1.22. The first-order valence-electron chi connectivity index (χ1n) is 10.00. The predicted octanol–water partition coefficient (Wildman–Crippen LogP) is 4.37. The van der Waals surface area contributed by atoms with E-state index in [0.717, 1.165) is 35.3 Å². The normalized spacial score (nSPS) is 14.8. The van der Waals surface area contributed by atoms with Crippen LogP contribution >= 0.6 is 0 Å². The van der Waals surface area contributed by atoms with Crippen molar-refractivity contribution in [1.29, 1.82) is 0 Å². The van der Waals surface area contributed by atoms with E-state index < -0.39 is 0 Å². The Morgan fingerprint density at radius 1 is 1.07 bits per heavy atom. The summed E-state index contributed by atoms with van der Waals surface area (Å²) in [6.45, 7) is 5.37. The maximum absolute atomic E-state index is 12.9. The van der Waals surface area contributed by atoms with E-state index in [1.54, 1.807) is 7.11 Å². The van der Waals surface area contributed by atoms with Crippen molar-refractivity contribution in [1.82, 2.24) is 4.90 Å². The van der Waals surface area contributed by atoms with Gasteiger partial charge in [0.25, 0.3) is 0 Å². The molecule has 2 aromatic carbocycles. The molecule has 1 aliphatic heterocycles. The summed E-state index contributed by atoms with van der Waals surface area (Å²) in [6.07, 6.45) is 2.69. The molecule has 0 N–H and O–H groups in total. The average Bonchev–Trinajstić information content (AvgIpc) is 2.72. The second-order valence-corrected chi connectivity index (χ2v) is 7.69. The smallest absolute Gasteiger partial charge is 0.222 e. The topological polar surface area (TPSA) is 46.6 Å². The largest absolute Gasteiger partial charge is 0.497 e. The molecule has 1 fully saturated rings. The minimum Gasteiger partial charge on any atom is -0.497 e. The van der Waals surface area contributed by atoms with Crippen LogP contribution in [0.25, 0.3) is 0 Å². The Morgan fingerprint density at radius 2 is 1.82 bits per heavy atom. The van der Waals surface area contributed by atoms with Crippen LogP contribution in [0.1, 0.15) is 46.3 Å². The number of Topliss-reactive ketones (excluding diaryl/α,β-unsaturated/α-hetero) is 1. The van der Waals surface area contributed by atoms with E-state index in [9.17, 15) is 9.59 Å². The lowest BCUT2D eigenvalue weighted by molar-refractivity contribution is -0.132. The third-order valence-electron chi connectivity index (χ3n) is 5.63. The molecule has 0 spiro atoms. The number of amides is 1. The lowest BCUT2D eigenvalue weighted by Gasteiger charge is -2.31. The highest BCUT2D eigenvalue weighted by Crippen LogP contribution is 2.24. The van der Waals surface area contributed by atoms with Crippen molar-refractivity contribution < 1.29 is 14.3 Å². The van der Waals surface area contributed by atoms with Gasteiger partial charge in [0.05, 0.1) is 7.11 Å². The number of benzene rings is 2. The Bertz CT molecular complexity index is 851. The molecular formula is C24H29NO3. The molecule has 1 saturated heterocycles. The number of carbonyl (C=O) groups is 2. The van der Waals surface area contributed by atoms with Crippen molar-refractivity contribution in [2.75, 3.05) is 20.2 Å². The fourth-order valence-electron chi connectivity index (χ4n) is 3.94. The number of aryl methyl sites for hydroxylation is 3. The maximum atomic E-state index is 12.9. The molecule has 0 atom stereocenters. The Balaban J connectivity index is 1.51. The van der Waals surface area contributed by atoms with Crippen LogP contribution in [0.3, 0.4) is 0 Å². The minimum absolute atomic E-state index is 0.0174. The number of piperidine rings is 1. The van der Waals surface area contributed by atoms with Gasteiger partial charge in [-0.1, -0.05) is 35.9 Å². The Hall–Kier alpha value is -2.62. The van der Waals surface area contributed by atoms with E-state index in [1.165, 1.54) is 5.56 Å². The molecule has 0 radical (unpaired) electrons. The van der Waals surface area contributed by atoms with Gasteiger partial charge in [-0.05, 0) is 56.4 Å². The number of ether oxygens (including phenoxy) is 1. The van der Waals surface area contributed by atoms with Gasteiger partial charge in [0.2, 0.25) is 5.91 Å². The second-order valence-electron chi connectivity index (χ2n) is 7.69. The first kappa shape index (κ1) is 20.1. The summed E-state index contributed by atoms with van der Waals surface area (Å²) < 4.78 is 5.24. The number of hydrogen-bond donors (Lipinski definition) is 0. The quantitative estimate of drug-likeness (QED) is 0.701. The molecular weight excluding hydrogens is 350 g/mol. The van der Waals surface area contributed by atoms with Crippen molar-refractivity contribution in [2.45, 2.75) is 39.5 Å². The van der Waals surface area contributed by atoms with Gasteiger partial charge in [0.15, 0.2) is 5.78 Å². The van der Waals surface area contributed by atoms with Gasteiger partial charge in [0.1, 0.15) is 5.75 Å². The van der Waals surface area contributed by atoms with Crippen molar-refractivity contribution in [2.24, 2.45) is 5.92 Å². The number of hydrogen-bond acceptors (Lipinski definition) is 3. The Kier molecular flexibility index (Phi) is 6.50. The maximum Gasteiger partial charge on any atom is 0.222 e. The number of carbonyl (C=O) groups excluding carboxylic acids is 2. The Morgan fingerprint density at radius 3 is 2.50 bits per heavy atom. The zero-order valence-corrected chi connectivity index (χ0v) is 17.0. The molecule has 0 bridgehead atoms. The van der Waals surface area contributed by atoms with Crippen molar-refractivity contribution >= 4 is 11.7 Å². The number of ketones is 1. The molecule has 0 saturated carbocycles. The summed E-state index contributed by atoms with van der Waals surface area (Å²) in [7, 11) is 1.65. The molecule has 4 heteroatoms. The van der Waals surface area contributed by atoms with E-state index in [1.807, 2.05) is 55.1 Å². The summed E-state index contributed by atoms with van der Waals surface area (Å²) in [6, 6.07) is 13.8. The highest BCUT2D eigenvalue weighted by Gasteiger charge is 2.28. The van der Waals surface area contributed by atoms with Gasteiger partial charge in [-0.15, -0.1) is 0 Å². The van der Waals surface area contributed by atoms with Crippen molar-refractivity contribution in [3.05, 3.63) is 64.7 Å². The second kappa shape index (κ2) is 9.05. The molecule has 1 amide bonds. The first-order valence-corrected chi connectivity index (χ1v) is 10.00. The fourth-order valence-corrected chi connectivity index (χ4v) is 3.94. The lowest BCUT2D eigenvalue weighted by Crippen LogP contribution is -2.40. The molecule has 0 aliphatic carbocycles. The summed E-state index contributed by atoms with van der Waals surface area (Å²) in [5, 5.41) is 0. The molecule has 3 rings (SSSR count). The van der Waals surface area contributed by atoms with E-state index in [4.69, 9.17) is 4.74 Å². The zero-order valence-electron chi connectivity index (χ0n) is 17.0. The third-order valence-corrected chi connectivity index (χ3v) is 5.63. The Labute approximate surface area is 167 Å². The van der Waals surface area contributed by atoms with Gasteiger partial charge in [0, 0.05) is 31.0 Å². The molecule has 2 aromatic rings. The van der Waals surface area contributed by atoms with Gasteiger partial charge >= 0.3 is 0 Å². The molecule has 1 aliphatic rings. The van der Waals surface area contributed by atoms with Gasteiger partial charge in [-0.2, -0.15) is 0 Å². The van der Waals surface area contributed by atoms with Crippen LogP contribution in [0.5, 0.6) is 5.75 Å². The summed E-state index contributed by atoms with van der Waals surface area (Å²) in [4.78, 5) is 27.3. The van der Waals surface area contributed by atoms with Crippen LogP contribution < -0.4 is 4.74 Å². The minimum atomic E-state index is 0.0174. The van der Waals surface area contributed by atoms with Crippen LogP contribution in [0.2, 0.25) is 0 Å². The van der Waals surface area contributed by atoms with Crippen molar-refractivity contribution in [3.8, 4) is 5.75 Å². The molecule has 28 heavy (non-hydrogen) atoms. The van der Waals surface area contributed by atoms with Crippen LogP contribution in [0.4, 0.5) is 0 Å². The predicted molar refractivity (Wildman–Crippen MR) is 111 cm³/mol. The molecule has 4 nitrogen and oxygen atoms in total. The summed E-state index contributed by atoms with van der Waals surface area (Å²) in [5.41, 5.74) is 4.15. The van der Waals surface area contributed by atoms with Crippen molar-refractivity contribution in [3.63, 3.8) is 0 Å². The number of rotatable bonds is 6. The van der Waals surface area contributed by atoms with Gasteiger partial charge in [-0.3, -0.25) is 9.59 Å². The van der Waals surface area contributed by atoms with E-state index >= 15 is 0 Å². The molecule has 1 heterocycles. The third kappa shape index (κ3) is 4.80. The molecule has 148 valence electrons. The lowest BCUT2D eigenvalue weighted by atomic mass is 9.87. The number of likely N-dealkylation sites (tertiary alicyclic amines) is 1. The number of methoxy groups -OCH3 is 1. The zero-order chi connectivity index (χ0) is 20.1. The monoisotopic (exact) mass is 379 g/mol. The SMILES string of the molecule is COc1cccc(CCC(=O)N2CCC(C(=O)c3ccc(C)cc3C)CC2)c1. The fraction of sp³-hybridized carbons (Fsp3) is 0.417. The molecule has 0 aromatic heterocycles. The highest BCUT2D eigenvalue weighted by molar-refractivity contribution is 5.99.